The number of nitrogens with zero attached hydrogens (tertiary/aromatic N) is 3. The Labute approximate surface area is 142 Å². The summed E-state index contributed by atoms with van der Waals surface area (Å²) in [7, 11) is 0. The van der Waals surface area contributed by atoms with Crippen LogP contribution >= 0.6 is 0 Å². The van der Waals surface area contributed by atoms with Gasteiger partial charge in [-0.1, -0.05) is 45.9 Å². The lowest BCUT2D eigenvalue weighted by molar-refractivity contribution is -0.123. The molecule has 0 radical (unpaired) electrons. The summed E-state index contributed by atoms with van der Waals surface area (Å²) in [6, 6.07) is 8.20. The van der Waals surface area contributed by atoms with Gasteiger partial charge < -0.3 is 5.32 Å². The zero-order valence-corrected chi connectivity index (χ0v) is 15.0. The number of carbonyl (C=O) groups is 1. The number of anilines is 1. The number of benzene rings is 1. The first-order valence-corrected chi connectivity index (χ1v) is 8.39. The molecule has 0 atom stereocenters. The Morgan fingerprint density at radius 3 is 2.71 bits per heavy atom. The Balaban J connectivity index is 2.21. The molecule has 2 aromatic heterocycles. The fourth-order valence-corrected chi connectivity index (χ4v) is 2.69. The molecule has 126 valence electrons. The van der Waals surface area contributed by atoms with Gasteiger partial charge in [-0.05, 0) is 25.0 Å². The van der Waals surface area contributed by atoms with E-state index in [4.69, 9.17) is 4.98 Å². The van der Waals surface area contributed by atoms with E-state index in [0.717, 1.165) is 40.5 Å². The molecule has 0 saturated carbocycles. The van der Waals surface area contributed by atoms with Crippen molar-refractivity contribution in [2.24, 2.45) is 5.41 Å². The van der Waals surface area contributed by atoms with Crippen LogP contribution in [-0.4, -0.2) is 20.7 Å². The van der Waals surface area contributed by atoms with Gasteiger partial charge in [-0.2, -0.15) is 5.10 Å². The van der Waals surface area contributed by atoms with Crippen LogP contribution in [-0.2, 0) is 11.3 Å². The van der Waals surface area contributed by atoms with E-state index in [-0.39, 0.29) is 5.91 Å². The SMILES string of the molecule is CCCn1nc(NC(=O)C(C)(C)C)c2cc3cccc(C)c3nc21. The molecule has 0 aliphatic rings. The van der Waals surface area contributed by atoms with Gasteiger partial charge in [-0.15, -0.1) is 0 Å². The third kappa shape index (κ3) is 2.86. The monoisotopic (exact) mass is 324 g/mol. The Hall–Kier alpha value is -2.43. The van der Waals surface area contributed by atoms with Gasteiger partial charge in [0.1, 0.15) is 0 Å². The predicted molar refractivity (Wildman–Crippen MR) is 98.1 cm³/mol. The highest BCUT2D eigenvalue weighted by Crippen LogP contribution is 2.28. The molecule has 24 heavy (non-hydrogen) atoms. The van der Waals surface area contributed by atoms with E-state index >= 15 is 0 Å². The van der Waals surface area contributed by atoms with Crippen LogP contribution < -0.4 is 5.32 Å². The van der Waals surface area contributed by atoms with Crippen molar-refractivity contribution in [1.82, 2.24) is 14.8 Å². The molecule has 1 aromatic carbocycles. The lowest BCUT2D eigenvalue weighted by Gasteiger charge is -2.16. The molecule has 0 saturated heterocycles. The minimum Gasteiger partial charge on any atom is -0.308 e. The van der Waals surface area contributed by atoms with Gasteiger partial charge in [0.05, 0.1) is 10.9 Å². The molecule has 1 N–H and O–H groups in total. The van der Waals surface area contributed by atoms with E-state index in [1.54, 1.807) is 0 Å². The highest BCUT2D eigenvalue weighted by Gasteiger charge is 2.24. The van der Waals surface area contributed by atoms with Crippen molar-refractivity contribution in [2.45, 2.75) is 47.6 Å². The summed E-state index contributed by atoms with van der Waals surface area (Å²) in [5, 5.41) is 9.53. The summed E-state index contributed by atoms with van der Waals surface area (Å²) >= 11 is 0. The largest absolute Gasteiger partial charge is 0.308 e. The van der Waals surface area contributed by atoms with Crippen molar-refractivity contribution in [3.8, 4) is 0 Å². The summed E-state index contributed by atoms with van der Waals surface area (Å²) in [6.07, 6.45) is 0.955. The maximum absolute atomic E-state index is 12.4. The molecule has 0 aliphatic heterocycles. The van der Waals surface area contributed by atoms with Crippen LogP contribution in [0.25, 0.3) is 21.9 Å². The average Bonchev–Trinajstić information content (AvgIpc) is 2.83. The van der Waals surface area contributed by atoms with Crippen molar-refractivity contribution in [3.05, 3.63) is 29.8 Å². The predicted octanol–water partition coefficient (Wildman–Crippen LogP) is 4.29. The maximum Gasteiger partial charge on any atom is 0.230 e. The molecule has 0 spiro atoms. The van der Waals surface area contributed by atoms with E-state index in [0.29, 0.717) is 5.82 Å². The first-order valence-electron chi connectivity index (χ1n) is 8.39. The summed E-state index contributed by atoms with van der Waals surface area (Å²) in [6.45, 7) is 10.6. The highest BCUT2D eigenvalue weighted by atomic mass is 16.2. The number of para-hydroxylation sites is 1. The molecule has 0 aliphatic carbocycles. The minimum atomic E-state index is -0.471. The van der Waals surface area contributed by atoms with Crippen molar-refractivity contribution in [2.75, 3.05) is 5.32 Å². The fourth-order valence-electron chi connectivity index (χ4n) is 2.69. The van der Waals surface area contributed by atoms with E-state index < -0.39 is 5.41 Å². The molecule has 0 bridgehead atoms. The van der Waals surface area contributed by atoms with Crippen LogP contribution in [0.5, 0.6) is 0 Å². The Morgan fingerprint density at radius 1 is 1.29 bits per heavy atom. The Kier molecular flexibility index (Phi) is 4.03. The minimum absolute atomic E-state index is 0.0464. The van der Waals surface area contributed by atoms with E-state index in [9.17, 15) is 4.79 Å². The van der Waals surface area contributed by atoms with Crippen LogP contribution in [0.15, 0.2) is 24.3 Å². The van der Waals surface area contributed by atoms with Gasteiger partial charge >= 0.3 is 0 Å². The second-order valence-corrected chi connectivity index (χ2v) is 7.28. The molecular formula is C19H24N4O. The number of carbonyl (C=O) groups excluding carboxylic acids is 1. The third-order valence-corrected chi connectivity index (χ3v) is 4.10. The Morgan fingerprint density at radius 2 is 2.04 bits per heavy atom. The number of hydrogen-bond donors (Lipinski definition) is 1. The number of aromatic nitrogens is 3. The van der Waals surface area contributed by atoms with Crippen LogP contribution in [0.3, 0.4) is 0 Å². The van der Waals surface area contributed by atoms with Crippen LogP contribution in [0.2, 0.25) is 0 Å². The number of rotatable bonds is 3. The fraction of sp³-hybridized carbons (Fsp3) is 0.421. The molecule has 1 amide bonds. The van der Waals surface area contributed by atoms with Crippen LogP contribution in [0.1, 0.15) is 39.7 Å². The number of pyridine rings is 1. The van der Waals surface area contributed by atoms with Crippen LogP contribution in [0, 0.1) is 12.3 Å². The number of nitrogens with one attached hydrogen (secondary N) is 1. The molecule has 0 fully saturated rings. The quantitative estimate of drug-likeness (QED) is 0.782. The second-order valence-electron chi connectivity index (χ2n) is 7.28. The van der Waals surface area contributed by atoms with Crippen molar-refractivity contribution in [1.29, 1.82) is 0 Å². The molecule has 0 unspecified atom stereocenters. The van der Waals surface area contributed by atoms with Gasteiger partial charge in [0.25, 0.3) is 0 Å². The number of aryl methyl sites for hydroxylation is 2. The molecule has 2 heterocycles. The summed E-state index contributed by atoms with van der Waals surface area (Å²) in [5.74, 6) is 0.546. The number of hydrogen-bond acceptors (Lipinski definition) is 3. The van der Waals surface area contributed by atoms with E-state index in [1.807, 2.05) is 37.6 Å². The normalized spacial score (nSPS) is 12.0. The van der Waals surface area contributed by atoms with E-state index in [1.165, 1.54) is 0 Å². The van der Waals surface area contributed by atoms with Gasteiger partial charge in [-0.25, -0.2) is 9.67 Å². The van der Waals surface area contributed by atoms with E-state index in [2.05, 4.69) is 36.4 Å². The molecule has 3 rings (SSSR count). The number of amides is 1. The van der Waals surface area contributed by atoms with Gasteiger partial charge in [0.15, 0.2) is 11.5 Å². The first-order chi connectivity index (χ1) is 11.3. The highest BCUT2D eigenvalue weighted by molar-refractivity contribution is 6.04. The van der Waals surface area contributed by atoms with Crippen molar-refractivity contribution >= 4 is 33.7 Å². The average molecular weight is 324 g/mol. The third-order valence-electron chi connectivity index (χ3n) is 4.10. The van der Waals surface area contributed by atoms with Gasteiger partial charge in [-0.3, -0.25) is 4.79 Å². The van der Waals surface area contributed by atoms with Crippen LogP contribution in [0.4, 0.5) is 5.82 Å². The zero-order valence-electron chi connectivity index (χ0n) is 15.0. The summed E-state index contributed by atoms with van der Waals surface area (Å²) in [4.78, 5) is 17.2. The maximum atomic E-state index is 12.4. The topological polar surface area (TPSA) is 59.8 Å². The molecule has 5 nitrogen and oxygen atoms in total. The summed E-state index contributed by atoms with van der Waals surface area (Å²) in [5.41, 5.74) is 2.47. The molecule has 3 aromatic rings. The standard InChI is InChI=1S/C19H24N4O/c1-6-10-23-17-14(16(22-23)21-18(24)19(3,4)5)11-13-9-7-8-12(2)15(13)20-17/h7-9,11H,6,10H2,1-5H3,(H,21,22,24). The molecular weight excluding hydrogens is 300 g/mol. The smallest absolute Gasteiger partial charge is 0.230 e. The van der Waals surface area contributed by atoms with Gasteiger partial charge in [0.2, 0.25) is 5.91 Å². The zero-order chi connectivity index (χ0) is 17.5. The lowest BCUT2D eigenvalue weighted by Crippen LogP contribution is -2.27. The van der Waals surface area contributed by atoms with Crippen molar-refractivity contribution in [3.63, 3.8) is 0 Å². The second kappa shape index (κ2) is 5.89. The summed E-state index contributed by atoms with van der Waals surface area (Å²) < 4.78 is 1.89. The first kappa shape index (κ1) is 16.4. The number of fused-ring (bicyclic) bond motifs is 2. The molecule has 5 heteroatoms. The van der Waals surface area contributed by atoms with Crippen molar-refractivity contribution < 1.29 is 4.79 Å². The lowest BCUT2D eigenvalue weighted by atomic mass is 9.96. The Bertz CT molecular complexity index is 918. The van der Waals surface area contributed by atoms with Gasteiger partial charge in [0, 0.05) is 17.3 Å².